The first-order valence-corrected chi connectivity index (χ1v) is 27.6. The Balaban J connectivity index is 4.24. The molecule has 1 unspecified atom stereocenters. The molecule has 0 aromatic carbocycles. The SMILES string of the molecule is CC/C=C\C/C=C\C/C=C\C/C=C\CCCCCCCCCCCCC(=O)OCC(COC(=O)CCCCCCCCCCCCC)OC(=O)CCCCCCCCCCCCCC. The van der Waals surface area contributed by atoms with E-state index in [-0.39, 0.29) is 31.1 Å². The Morgan fingerprint density at radius 1 is 0.328 bits per heavy atom. The van der Waals surface area contributed by atoms with Crippen molar-refractivity contribution < 1.29 is 28.6 Å². The molecule has 0 saturated carbocycles. The molecular formula is C58H104O6. The minimum atomic E-state index is -0.769. The molecule has 64 heavy (non-hydrogen) atoms. The molecule has 0 saturated heterocycles. The Hall–Kier alpha value is -2.63. The summed E-state index contributed by atoms with van der Waals surface area (Å²) in [4.78, 5) is 38.0. The first-order valence-electron chi connectivity index (χ1n) is 27.6. The van der Waals surface area contributed by atoms with E-state index in [1.165, 1.54) is 161 Å². The van der Waals surface area contributed by atoms with Gasteiger partial charge in [-0.3, -0.25) is 14.4 Å². The van der Waals surface area contributed by atoms with Crippen LogP contribution in [-0.4, -0.2) is 37.2 Å². The van der Waals surface area contributed by atoms with E-state index in [4.69, 9.17) is 14.2 Å². The summed E-state index contributed by atoms with van der Waals surface area (Å²) in [5.41, 5.74) is 0. The van der Waals surface area contributed by atoms with Crippen molar-refractivity contribution >= 4 is 17.9 Å². The second-order valence-electron chi connectivity index (χ2n) is 18.5. The molecule has 0 spiro atoms. The number of hydrogen-bond donors (Lipinski definition) is 0. The summed E-state index contributed by atoms with van der Waals surface area (Å²) in [6, 6.07) is 0. The van der Waals surface area contributed by atoms with Crippen LogP contribution >= 0.6 is 0 Å². The molecule has 0 amide bonds. The highest BCUT2D eigenvalue weighted by molar-refractivity contribution is 5.71. The second kappa shape index (κ2) is 53.0. The van der Waals surface area contributed by atoms with Crippen LogP contribution in [0.1, 0.15) is 284 Å². The first-order chi connectivity index (χ1) is 31.5. The molecule has 0 N–H and O–H groups in total. The Labute approximate surface area is 397 Å². The molecule has 0 aliphatic carbocycles. The minimum Gasteiger partial charge on any atom is -0.462 e. The van der Waals surface area contributed by atoms with E-state index in [9.17, 15) is 14.4 Å². The number of carbonyl (C=O) groups is 3. The normalized spacial score (nSPS) is 12.4. The maximum absolute atomic E-state index is 12.8. The third-order valence-electron chi connectivity index (χ3n) is 12.1. The third kappa shape index (κ3) is 50.4. The molecule has 0 bridgehead atoms. The molecule has 0 aromatic heterocycles. The van der Waals surface area contributed by atoms with Crippen molar-refractivity contribution in [1.82, 2.24) is 0 Å². The van der Waals surface area contributed by atoms with Crippen LogP contribution in [0.15, 0.2) is 48.6 Å². The zero-order valence-electron chi connectivity index (χ0n) is 42.6. The van der Waals surface area contributed by atoms with E-state index < -0.39 is 6.10 Å². The maximum atomic E-state index is 12.8. The third-order valence-corrected chi connectivity index (χ3v) is 12.1. The second-order valence-corrected chi connectivity index (χ2v) is 18.5. The van der Waals surface area contributed by atoms with Crippen molar-refractivity contribution in [2.75, 3.05) is 13.2 Å². The van der Waals surface area contributed by atoms with Gasteiger partial charge in [-0.25, -0.2) is 0 Å². The van der Waals surface area contributed by atoms with Crippen molar-refractivity contribution in [1.29, 1.82) is 0 Å². The lowest BCUT2D eigenvalue weighted by Crippen LogP contribution is -2.30. The maximum Gasteiger partial charge on any atom is 0.306 e. The van der Waals surface area contributed by atoms with Gasteiger partial charge >= 0.3 is 17.9 Å². The molecule has 0 aromatic rings. The lowest BCUT2D eigenvalue weighted by Gasteiger charge is -2.18. The van der Waals surface area contributed by atoms with Crippen molar-refractivity contribution in [2.24, 2.45) is 0 Å². The van der Waals surface area contributed by atoms with Crippen LogP contribution in [-0.2, 0) is 28.6 Å². The van der Waals surface area contributed by atoms with E-state index in [1.54, 1.807) is 0 Å². The van der Waals surface area contributed by atoms with Gasteiger partial charge in [-0.2, -0.15) is 0 Å². The summed E-state index contributed by atoms with van der Waals surface area (Å²) >= 11 is 0. The van der Waals surface area contributed by atoms with Crippen molar-refractivity contribution in [2.45, 2.75) is 290 Å². The first kappa shape index (κ1) is 61.4. The van der Waals surface area contributed by atoms with E-state index in [1.807, 2.05) is 0 Å². The van der Waals surface area contributed by atoms with E-state index in [2.05, 4.69) is 69.4 Å². The van der Waals surface area contributed by atoms with Crippen molar-refractivity contribution in [3.8, 4) is 0 Å². The zero-order valence-corrected chi connectivity index (χ0v) is 42.6. The van der Waals surface area contributed by atoms with Crippen LogP contribution in [0, 0.1) is 0 Å². The molecule has 0 fully saturated rings. The average Bonchev–Trinajstić information content (AvgIpc) is 3.29. The van der Waals surface area contributed by atoms with E-state index >= 15 is 0 Å². The van der Waals surface area contributed by atoms with Crippen LogP contribution in [0.4, 0.5) is 0 Å². The minimum absolute atomic E-state index is 0.0698. The molecule has 1 atom stereocenters. The van der Waals surface area contributed by atoms with Crippen LogP contribution < -0.4 is 0 Å². The molecule has 0 aliphatic heterocycles. The van der Waals surface area contributed by atoms with Crippen molar-refractivity contribution in [3.63, 3.8) is 0 Å². The molecule has 0 heterocycles. The fourth-order valence-electron chi connectivity index (χ4n) is 7.96. The number of hydrogen-bond acceptors (Lipinski definition) is 6. The Kier molecular flexibility index (Phi) is 50.8. The van der Waals surface area contributed by atoms with Gasteiger partial charge in [0.15, 0.2) is 6.10 Å². The lowest BCUT2D eigenvalue weighted by atomic mass is 10.0. The highest BCUT2D eigenvalue weighted by atomic mass is 16.6. The molecule has 0 aliphatic rings. The summed E-state index contributed by atoms with van der Waals surface area (Å²) in [7, 11) is 0. The standard InChI is InChI=1S/C58H104O6/c1-4-7-10-13-16-19-22-24-25-26-27-28-29-30-31-32-33-34-37-39-42-45-48-51-57(60)63-54-55(53-62-56(59)50-47-44-41-38-35-21-18-15-12-9-6-3)64-58(61)52-49-46-43-40-36-23-20-17-14-11-8-5-2/h7,10,16,19,24-25,27-28,55H,4-6,8-9,11-15,17-18,20-23,26,29-54H2,1-3H3/b10-7-,19-16-,25-24-,28-27-. The highest BCUT2D eigenvalue weighted by Gasteiger charge is 2.19. The average molecular weight is 897 g/mol. The van der Waals surface area contributed by atoms with E-state index in [0.717, 1.165) is 83.5 Å². The van der Waals surface area contributed by atoms with Gasteiger partial charge in [0.2, 0.25) is 0 Å². The van der Waals surface area contributed by atoms with Gasteiger partial charge < -0.3 is 14.2 Å². The Morgan fingerprint density at radius 3 is 0.953 bits per heavy atom. The van der Waals surface area contributed by atoms with Gasteiger partial charge in [-0.05, 0) is 57.8 Å². The summed E-state index contributed by atoms with van der Waals surface area (Å²) in [6.45, 7) is 6.54. The van der Waals surface area contributed by atoms with Crippen LogP contribution in [0.25, 0.3) is 0 Å². The molecule has 0 rings (SSSR count). The predicted molar refractivity (Wildman–Crippen MR) is 275 cm³/mol. The largest absolute Gasteiger partial charge is 0.462 e. The van der Waals surface area contributed by atoms with Gasteiger partial charge in [0, 0.05) is 19.3 Å². The van der Waals surface area contributed by atoms with Crippen LogP contribution in [0.2, 0.25) is 0 Å². The topological polar surface area (TPSA) is 78.9 Å². The summed E-state index contributed by atoms with van der Waals surface area (Å²) < 4.78 is 16.8. The van der Waals surface area contributed by atoms with Crippen LogP contribution in [0.5, 0.6) is 0 Å². The Bertz CT molecular complexity index is 1120. The van der Waals surface area contributed by atoms with Gasteiger partial charge in [0.25, 0.3) is 0 Å². The lowest BCUT2D eigenvalue weighted by molar-refractivity contribution is -0.167. The van der Waals surface area contributed by atoms with Gasteiger partial charge in [-0.1, -0.05) is 256 Å². The number of allylic oxidation sites excluding steroid dienone is 8. The fourth-order valence-corrected chi connectivity index (χ4v) is 7.96. The number of esters is 3. The number of ether oxygens (including phenoxy) is 3. The Morgan fingerprint density at radius 2 is 0.609 bits per heavy atom. The summed E-state index contributed by atoms with van der Waals surface area (Å²) in [5, 5.41) is 0. The number of rotatable bonds is 50. The monoisotopic (exact) mass is 897 g/mol. The van der Waals surface area contributed by atoms with Gasteiger partial charge in [-0.15, -0.1) is 0 Å². The highest BCUT2D eigenvalue weighted by Crippen LogP contribution is 2.16. The predicted octanol–water partition coefficient (Wildman–Crippen LogP) is 18.3. The molecule has 372 valence electrons. The molecule has 0 radical (unpaired) electrons. The molecular weight excluding hydrogens is 793 g/mol. The molecule has 6 heteroatoms. The van der Waals surface area contributed by atoms with Crippen molar-refractivity contribution in [3.05, 3.63) is 48.6 Å². The summed E-state index contributed by atoms with van der Waals surface area (Å²) in [6.07, 6.45) is 63.9. The summed E-state index contributed by atoms with van der Waals surface area (Å²) in [5.74, 6) is -0.863. The zero-order chi connectivity index (χ0) is 46.5. The quantitative estimate of drug-likeness (QED) is 0.0262. The van der Waals surface area contributed by atoms with Gasteiger partial charge in [0.05, 0.1) is 0 Å². The molecule has 6 nitrogen and oxygen atoms in total. The number of unbranched alkanes of at least 4 members (excludes halogenated alkanes) is 31. The van der Waals surface area contributed by atoms with Gasteiger partial charge in [0.1, 0.15) is 13.2 Å². The van der Waals surface area contributed by atoms with Crippen LogP contribution in [0.3, 0.4) is 0 Å². The van der Waals surface area contributed by atoms with E-state index in [0.29, 0.717) is 19.3 Å². The number of carbonyl (C=O) groups excluding carboxylic acids is 3. The smallest absolute Gasteiger partial charge is 0.306 e. The fraction of sp³-hybridized carbons (Fsp3) is 0.810.